The van der Waals surface area contributed by atoms with Gasteiger partial charge in [0.25, 0.3) is 0 Å². The number of carbonyl (C=O) groups is 7. The molecule has 0 radical (unpaired) electrons. The van der Waals surface area contributed by atoms with E-state index in [1.807, 2.05) is 26.8 Å². The first-order valence-corrected chi connectivity index (χ1v) is 14.4. The Bertz CT molecular complexity index is 1140. The molecule has 0 unspecified atom stereocenters. The van der Waals surface area contributed by atoms with Gasteiger partial charge in [0.05, 0.1) is 32.0 Å². The molecule has 4 atom stereocenters. The van der Waals surface area contributed by atoms with Gasteiger partial charge in [-0.05, 0) is 18.4 Å². The first-order chi connectivity index (χ1) is 20.5. The van der Waals surface area contributed by atoms with Crippen molar-refractivity contribution in [1.29, 1.82) is 0 Å². The van der Waals surface area contributed by atoms with Gasteiger partial charge in [-0.2, -0.15) is 0 Å². The second-order valence-electron chi connectivity index (χ2n) is 10.6. The molecule has 0 saturated heterocycles. The van der Waals surface area contributed by atoms with Crippen LogP contribution < -0.4 is 22.5 Å². The molecule has 0 aliphatic carbocycles. The molecule has 264 valence electrons. The van der Waals surface area contributed by atoms with Crippen LogP contribution in [0.5, 0.6) is 0 Å². The number of amides is 5. The number of ketones is 2. The van der Waals surface area contributed by atoms with Gasteiger partial charge in [0.15, 0.2) is 11.6 Å². The van der Waals surface area contributed by atoms with Gasteiger partial charge in [0.1, 0.15) is 12.6 Å². The van der Waals surface area contributed by atoms with Gasteiger partial charge in [-0.1, -0.05) is 58.0 Å². The standard InChI is InChI=1S/C19H27N3O5.C11H21N3O3.CH3.Pd/c1-4-13(2)16(23)11-22(3)18(25)15(10-17(20)24)21-19(26)27-12-14-8-6-5-7-9-14;1-4-7(2)9(15)6-14(3)11(17)8(12)5-10(13)16;;/h5-9,13,15H,4,10-12H2,1-3H3,(H2,20,24)(H,21,26);7-8H,4-6,12H2,1-3H3,(H2,13,16);1H3;/q;;-1;/t13-,15-;7-,8-;;/m00../s1. The van der Waals surface area contributed by atoms with Crippen molar-refractivity contribution in [2.45, 2.75) is 72.1 Å². The van der Waals surface area contributed by atoms with Gasteiger partial charge in [-0.3, -0.25) is 28.8 Å². The maximum atomic E-state index is 12.5. The van der Waals surface area contributed by atoms with Crippen LogP contribution >= 0.6 is 0 Å². The van der Waals surface area contributed by atoms with E-state index in [4.69, 9.17) is 21.9 Å². The molecule has 0 heterocycles. The summed E-state index contributed by atoms with van der Waals surface area (Å²) in [5.74, 6) is -2.79. The largest absolute Gasteiger partial charge is 0.445 e. The third-order valence-electron chi connectivity index (χ3n) is 6.81. The van der Waals surface area contributed by atoms with Gasteiger partial charge in [0, 0.05) is 46.4 Å². The molecule has 0 aliphatic rings. The molecular formula is C31H51N6O8Pd-. The molecule has 1 aromatic rings. The third-order valence-corrected chi connectivity index (χ3v) is 6.81. The number of nitrogens with zero attached hydrogens (tertiary/aromatic N) is 2. The average molecular weight is 742 g/mol. The quantitative estimate of drug-likeness (QED) is 0.132. The van der Waals surface area contributed by atoms with Crippen LogP contribution in [0.4, 0.5) is 4.79 Å². The molecule has 5 amide bonds. The number of rotatable bonds is 17. The van der Waals surface area contributed by atoms with Crippen LogP contribution in [-0.4, -0.2) is 90.4 Å². The summed E-state index contributed by atoms with van der Waals surface area (Å²) in [7, 11) is 2.93. The van der Waals surface area contributed by atoms with Crippen LogP contribution in [0.3, 0.4) is 0 Å². The van der Waals surface area contributed by atoms with Crippen LogP contribution in [0.1, 0.15) is 58.9 Å². The molecule has 0 saturated carbocycles. The Balaban J connectivity index is -0.000000848. The van der Waals surface area contributed by atoms with Gasteiger partial charge in [-0.15, -0.1) is 0 Å². The summed E-state index contributed by atoms with van der Waals surface area (Å²) in [5, 5.41) is 2.35. The van der Waals surface area contributed by atoms with E-state index in [0.717, 1.165) is 12.0 Å². The van der Waals surface area contributed by atoms with E-state index >= 15 is 0 Å². The summed E-state index contributed by atoms with van der Waals surface area (Å²) in [5.41, 5.74) is 16.4. The molecule has 0 aliphatic heterocycles. The number of nitrogens with two attached hydrogens (primary N) is 3. The van der Waals surface area contributed by atoms with Crippen molar-refractivity contribution < 1.29 is 58.7 Å². The Morgan fingerprint density at radius 2 is 1.22 bits per heavy atom. The van der Waals surface area contributed by atoms with Crippen LogP contribution in [0.15, 0.2) is 30.3 Å². The van der Waals surface area contributed by atoms with Gasteiger partial charge >= 0.3 is 6.09 Å². The Morgan fingerprint density at radius 1 is 0.783 bits per heavy atom. The number of benzene rings is 1. The molecule has 0 bridgehead atoms. The SMILES string of the molecule is CC[C@H](C)C(=O)CN(C)C(=O)[C@@H](N)CC(N)=O.CC[C@H](C)C(=O)CN(C)C(=O)[C@H](CC(N)=O)NC(=O)OCc1ccccc1.[CH3-].[Pd]. The minimum absolute atomic E-state index is 0. The minimum Gasteiger partial charge on any atom is -0.445 e. The third kappa shape index (κ3) is 19.0. The first kappa shape index (κ1) is 46.7. The van der Waals surface area contributed by atoms with Crippen LogP contribution in [-0.2, 0) is 60.5 Å². The summed E-state index contributed by atoms with van der Waals surface area (Å²) in [4.78, 5) is 84.1. The zero-order chi connectivity index (χ0) is 34.0. The Labute approximate surface area is 286 Å². The summed E-state index contributed by atoms with van der Waals surface area (Å²) in [6, 6.07) is 6.85. The molecule has 15 heteroatoms. The number of carbonyl (C=O) groups excluding carboxylic acids is 7. The number of Topliss-reactive ketones (excluding diaryl/α,β-unsaturated/α-hetero) is 2. The average Bonchev–Trinajstić information content (AvgIpc) is 2.97. The fourth-order valence-corrected chi connectivity index (χ4v) is 3.55. The van der Waals surface area contributed by atoms with E-state index in [1.165, 1.54) is 23.9 Å². The number of hydrogen-bond donors (Lipinski definition) is 4. The molecular weight excluding hydrogens is 691 g/mol. The van der Waals surface area contributed by atoms with Crippen molar-refractivity contribution in [2.24, 2.45) is 29.0 Å². The number of alkyl carbamates (subject to hydrolysis) is 1. The summed E-state index contributed by atoms with van der Waals surface area (Å²) in [6.07, 6.45) is -0.0498. The number of hydrogen-bond acceptors (Lipinski definition) is 9. The normalized spacial score (nSPS) is 12.5. The van der Waals surface area contributed by atoms with Crippen molar-refractivity contribution in [2.75, 3.05) is 27.2 Å². The second-order valence-corrected chi connectivity index (χ2v) is 10.6. The van der Waals surface area contributed by atoms with Crippen LogP contribution in [0.25, 0.3) is 0 Å². The van der Waals surface area contributed by atoms with Gasteiger partial charge in [0.2, 0.25) is 23.6 Å². The fourth-order valence-electron chi connectivity index (χ4n) is 3.55. The zero-order valence-electron chi connectivity index (χ0n) is 27.9. The Morgan fingerprint density at radius 3 is 1.63 bits per heavy atom. The Kier molecular flexibility index (Phi) is 24.9. The van der Waals surface area contributed by atoms with Crippen molar-refractivity contribution in [3.05, 3.63) is 43.3 Å². The Hall–Kier alpha value is -3.67. The summed E-state index contributed by atoms with van der Waals surface area (Å²) < 4.78 is 5.07. The van der Waals surface area contributed by atoms with E-state index in [0.29, 0.717) is 6.42 Å². The van der Waals surface area contributed by atoms with Crippen molar-refractivity contribution >= 4 is 41.3 Å². The van der Waals surface area contributed by atoms with Crippen LogP contribution in [0, 0.1) is 19.3 Å². The molecule has 7 N–H and O–H groups in total. The van der Waals surface area contributed by atoms with Crippen molar-refractivity contribution in [1.82, 2.24) is 15.1 Å². The monoisotopic (exact) mass is 741 g/mol. The summed E-state index contributed by atoms with van der Waals surface area (Å²) >= 11 is 0. The zero-order valence-corrected chi connectivity index (χ0v) is 29.4. The van der Waals surface area contributed by atoms with E-state index in [1.54, 1.807) is 31.2 Å². The molecule has 1 aromatic carbocycles. The van der Waals surface area contributed by atoms with E-state index in [2.05, 4.69) is 5.32 Å². The first-order valence-electron chi connectivity index (χ1n) is 14.4. The molecule has 14 nitrogen and oxygen atoms in total. The number of likely N-dealkylation sites (N-methyl/N-ethyl adjacent to an activating group) is 2. The van der Waals surface area contributed by atoms with Crippen molar-refractivity contribution in [3.63, 3.8) is 0 Å². The number of ether oxygens (including phenoxy) is 1. The van der Waals surface area contributed by atoms with Crippen molar-refractivity contribution in [3.8, 4) is 0 Å². The maximum absolute atomic E-state index is 12.5. The smallest absolute Gasteiger partial charge is 0.408 e. The van der Waals surface area contributed by atoms with Crippen LogP contribution in [0.2, 0.25) is 0 Å². The molecule has 0 fully saturated rings. The predicted octanol–water partition coefficient (Wildman–Crippen LogP) is 0.941. The number of nitrogens with one attached hydrogen (secondary N) is 1. The number of primary amides is 2. The molecule has 46 heavy (non-hydrogen) atoms. The second kappa shape index (κ2) is 24.6. The molecule has 1 rings (SSSR count). The summed E-state index contributed by atoms with van der Waals surface area (Å²) in [6.45, 7) is 7.30. The van der Waals surface area contributed by atoms with E-state index in [9.17, 15) is 33.6 Å². The minimum atomic E-state index is -1.19. The van der Waals surface area contributed by atoms with E-state index < -0.39 is 41.8 Å². The topological polar surface area (TPSA) is 225 Å². The maximum Gasteiger partial charge on any atom is 0.408 e. The fraction of sp³-hybridized carbons (Fsp3) is 0.548. The predicted molar refractivity (Wildman–Crippen MR) is 170 cm³/mol. The van der Waals surface area contributed by atoms with Gasteiger partial charge in [-0.25, -0.2) is 4.79 Å². The van der Waals surface area contributed by atoms with Gasteiger partial charge < -0.3 is 44.5 Å². The molecule has 0 aromatic heterocycles. The molecule has 0 spiro atoms. The van der Waals surface area contributed by atoms with E-state index in [-0.39, 0.29) is 83.8 Å².